The number of nitrogens with one attached hydrogen (secondary N) is 1. The minimum absolute atomic E-state index is 0.173. The van der Waals surface area contributed by atoms with Crippen molar-refractivity contribution in [1.82, 2.24) is 5.32 Å². The minimum atomic E-state index is -0.918. The van der Waals surface area contributed by atoms with Gasteiger partial charge in [0.2, 0.25) is 0 Å². The highest BCUT2D eigenvalue weighted by Gasteiger charge is 2.18. The Morgan fingerprint density at radius 1 is 1.50 bits per heavy atom. The van der Waals surface area contributed by atoms with Crippen molar-refractivity contribution in [2.24, 2.45) is 5.92 Å². The Hall–Kier alpha value is -1.13. The van der Waals surface area contributed by atoms with Gasteiger partial charge < -0.3 is 10.4 Å². The summed E-state index contributed by atoms with van der Waals surface area (Å²) in [6.45, 7) is 4.06. The van der Waals surface area contributed by atoms with Gasteiger partial charge in [-0.1, -0.05) is 31.5 Å². The Morgan fingerprint density at radius 3 is 2.67 bits per heavy atom. The number of rotatable bonds is 6. The van der Waals surface area contributed by atoms with E-state index in [4.69, 9.17) is 16.7 Å². The lowest BCUT2D eigenvalue weighted by atomic mass is 10.0. The molecule has 0 amide bonds. The zero-order valence-corrected chi connectivity index (χ0v) is 11.2. The summed E-state index contributed by atoms with van der Waals surface area (Å²) in [6, 6.07) is 3.69. The average molecular weight is 274 g/mol. The first kappa shape index (κ1) is 14.9. The van der Waals surface area contributed by atoms with Crippen molar-refractivity contribution in [3.8, 4) is 0 Å². The largest absolute Gasteiger partial charge is 0.480 e. The minimum Gasteiger partial charge on any atom is -0.480 e. The van der Waals surface area contributed by atoms with Crippen LogP contribution in [0.3, 0.4) is 0 Å². The van der Waals surface area contributed by atoms with Crippen LogP contribution in [0.15, 0.2) is 18.2 Å². The number of carbonyl (C=O) groups is 1. The molecule has 0 aliphatic carbocycles. The summed E-state index contributed by atoms with van der Waals surface area (Å²) in [5.41, 5.74) is 0.411. The predicted octanol–water partition coefficient (Wildman–Crippen LogP) is 3.07. The highest BCUT2D eigenvalue weighted by Crippen LogP contribution is 2.15. The fourth-order valence-corrected chi connectivity index (χ4v) is 1.80. The normalized spacial score (nSPS) is 12.7. The van der Waals surface area contributed by atoms with Crippen molar-refractivity contribution >= 4 is 17.6 Å². The van der Waals surface area contributed by atoms with Gasteiger partial charge in [-0.3, -0.25) is 4.79 Å². The van der Waals surface area contributed by atoms with Gasteiger partial charge in [0.05, 0.1) is 0 Å². The van der Waals surface area contributed by atoms with Gasteiger partial charge in [0.25, 0.3) is 0 Å². The fraction of sp³-hybridized carbons (Fsp3) is 0.462. The molecule has 1 aromatic rings. The van der Waals surface area contributed by atoms with Crippen LogP contribution in [-0.2, 0) is 11.3 Å². The maximum atomic E-state index is 13.5. The zero-order valence-electron chi connectivity index (χ0n) is 10.4. The summed E-state index contributed by atoms with van der Waals surface area (Å²) in [7, 11) is 0. The predicted molar refractivity (Wildman–Crippen MR) is 69.1 cm³/mol. The Kier molecular flexibility index (Phi) is 5.56. The molecule has 1 unspecified atom stereocenters. The molecule has 2 N–H and O–H groups in total. The van der Waals surface area contributed by atoms with E-state index in [9.17, 15) is 9.18 Å². The maximum Gasteiger partial charge on any atom is 0.320 e. The van der Waals surface area contributed by atoms with Crippen molar-refractivity contribution < 1.29 is 14.3 Å². The van der Waals surface area contributed by atoms with Crippen LogP contribution >= 0.6 is 11.6 Å². The van der Waals surface area contributed by atoms with Crippen LogP contribution in [0.5, 0.6) is 0 Å². The first-order valence-corrected chi connectivity index (χ1v) is 6.18. The van der Waals surface area contributed by atoms with Gasteiger partial charge in [-0.15, -0.1) is 0 Å². The molecule has 0 aliphatic rings. The molecule has 0 saturated heterocycles. The number of halogens is 2. The van der Waals surface area contributed by atoms with E-state index in [0.717, 1.165) is 0 Å². The van der Waals surface area contributed by atoms with Crippen LogP contribution < -0.4 is 5.32 Å². The van der Waals surface area contributed by atoms with E-state index in [0.29, 0.717) is 17.0 Å². The monoisotopic (exact) mass is 273 g/mol. The van der Waals surface area contributed by atoms with Crippen LogP contribution in [0.1, 0.15) is 25.8 Å². The molecule has 18 heavy (non-hydrogen) atoms. The van der Waals surface area contributed by atoms with Crippen molar-refractivity contribution in [3.05, 3.63) is 34.6 Å². The van der Waals surface area contributed by atoms with Gasteiger partial charge in [-0.25, -0.2) is 4.39 Å². The molecule has 0 aliphatic heterocycles. The Bertz CT molecular complexity index is 423. The molecule has 1 atom stereocenters. The molecular formula is C13H17ClFNO2. The topological polar surface area (TPSA) is 49.3 Å². The molecule has 1 aromatic carbocycles. The molecule has 0 bridgehead atoms. The van der Waals surface area contributed by atoms with Crippen LogP contribution in [0.4, 0.5) is 4.39 Å². The summed E-state index contributed by atoms with van der Waals surface area (Å²) in [5.74, 6) is -1.09. The number of carboxylic acid groups (broad SMARTS) is 1. The molecule has 5 heteroatoms. The number of carboxylic acids is 1. The van der Waals surface area contributed by atoms with Crippen LogP contribution in [0, 0.1) is 11.7 Å². The Balaban J connectivity index is 2.64. The van der Waals surface area contributed by atoms with Crippen molar-refractivity contribution in [2.75, 3.05) is 0 Å². The van der Waals surface area contributed by atoms with E-state index in [2.05, 4.69) is 5.32 Å². The lowest BCUT2D eigenvalue weighted by Crippen LogP contribution is -2.37. The third-order valence-corrected chi connectivity index (χ3v) is 2.79. The van der Waals surface area contributed by atoms with Crippen molar-refractivity contribution in [3.63, 3.8) is 0 Å². The highest BCUT2D eigenvalue weighted by atomic mass is 35.5. The van der Waals surface area contributed by atoms with Crippen LogP contribution in [0.2, 0.25) is 5.02 Å². The Morgan fingerprint density at radius 2 is 2.17 bits per heavy atom. The molecule has 100 valence electrons. The molecule has 0 spiro atoms. The molecule has 0 radical (unpaired) electrons. The third kappa shape index (κ3) is 4.63. The van der Waals surface area contributed by atoms with Gasteiger partial charge in [-0.2, -0.15) is 0 Å². The molecule has 3 nitrogen and oxygen atoms in total. The number of hydrogen-bond donors (Lipinski definition) is 2. The molecule has 0 aromatic heterocycles. The van der Waals surface area contributed by atoms with E-state index < -0.39 is 17.8 Å². The molecule has 0 heterocycles. The van der Waals surface area contributed by atoms with E-state index in [1.807, 2.05) is 13.8 Å². The molecule has 1 rings (SSSR count). The number of benzene rings is 1. The second-order valence-electron chi connectivity index (χ2n) is 4.64. The van der Waals surface area contributed by atoms with Crippen molar-refractivity contribution in [1.29, 1.82) is 0 Å². The Labute approximate surface area is 111 Å². The summed E-state index contributed by atoms with van der Waals surface area (Å²) >= 11 is 5.64. The van der Waals surface area contributed by atoms with Crippen LogP contribution in [0.25, 0.3) is 0 Å². The molecule has 0 fully saturated rings. The first-order valence-electron chi connectivity index (χ1n) is 5.80. The van der Waals surface area contributed by atoms with E-state index in [-0.39, 0.29) is 12.5 Å². The summed E-state index contributed by atoms with van der Waals surface area (Å²) in [6.07, 6.45) is 0.505. The average Bonchev–Trinajstić information content (AvgIpc) is 2.25. The zero-order chi connectivity index (χ0) is 13.7. The smallest absolute Gasteiger partial charge is 0.320 e. The fourth-order valence-electron chi connectivity index (χ4n) is 1.64. The second-order valence-corrected chi connectivity index (χ2v) is 5.07. The third-order valence-electron chi connectivity index (χ3n) is 2.56. The van der Waals surface area contributed by atoms with Gasteiger partial charge in [0, 0.05) is 17.1 Å². The lowest BCUT2D eigenvalue weighted by molar-refractivity contribution is -0.140. The second kappa shape index (κ2) is 6.71. The summed E-state index contributed by atoms with van der Waals surface area (Å²) in [5, 5.41) is 12.2. The van der Waals surface area contributed by atoms with Crippen molar-refractivity contribution in [2.45, 2.75) is 32.9 Å². The quantitative estimate of drug-likeness (QED) is 0.837. The standard InChI is InChI=1S/C13H17ClFNO2/c1-8(2)5-12(13(17)18)16-7-9-3-4-10(14)6-11(9)15/h3-4,6,8,12,16H,5,7H2,1-2H3,(H,17,18). The number of hydrogen-bond acceptors (Lipinski definition) is 2. The van der Waals surface area contributed by atoms with Gasteiger partial charge in [-0.05, 0) is 24.5 Å². The SMILES string of the molecule is CC(C)CC(NCc1ccc(Cl)cc1F)C(=O)O. The van der Waals surface area contributed by atoms with E-state index in [1.165, 1.54) is 6.07 Å². The first-order chi connectivity index (χ1) is 8.40. The van der Waals surface area contributed by atoms with E-state index >= 15 is 0 Å². The van der Waals surface area contributed by atoms with Gasteiger partial charge in [0.1, 0.15) is 11.9 Å². The van der Waals surface area contributed by atoms with Gasteiger partial charge >= 0.3 is 5.97 Å². The van der Waals surface area contributed by atoms with E-state index in [1.54, 1.807) is 12.1 Å². The summed E-state index contributed by atoms with van der Waals surface area (Å²) in [4.78, 5) is 11.0. The lowest BCUT2D eigenvalue weighted by Gasteiger charge is -2.16. The molecule has 0 saturated carbocycles. The van der Waals surface area contributed by atoms with Gasteiger partial charge in [0.15, 0.2) is 0 Å². The summed E-state index contributed by atoms with van der Waals surface area (Å²) < 4.78 is 13.5. The molecular weight excluding hydrogens is 257 g/mol. The number of aliphatic carboxylic acids is 1. The maximum absolute atomic E-state index is 13.5. The van der Waals surface area contributed by atoms with Crippen LogP contribution in [-0.4, -0.2) is 17.1 Å². The highest BCUT2D eigenvalue weighted by molar-refractivity contribution is 6.30.